The Bertz CT molecular complexity index is 669. The van der Waals surface area contributed by atoms with E-state index in [2.05, 4.69) is 17.6 Å². The predicted molar refractivity (Wildman–Crippen MR) is 92.4 cm³/mol. The zero-order valence-corrected chi connectivity index (χ0v) is 14.4. The molecular formula is C17H23FN4O3. The lowest BCUT2D eigenvalue weighted by atomic mass is 10.1. The number of halogens is 1. The van der Waals surface area contributed by atoms with Gasteiger partial charge in [-0.15, -0.1) is 0 Å². The Morgan fingerprint density at radius 2 is 2.24 bits per heavy atom. The number of rotatable bonds is 4. The molecular weight excluding hydrogens is 327 g/mol. The number of carbonyl (C=O) groups excluding carboxylic acids is 2. The van der Waals surface area contributed by atoms with Gasteiger partial charge >= 0.3 is 6.09 Å². The third-order valence-corrected chi connectivity index (χ3v) is 4.41. The van der Waals surface area contributed by atoms with Crippen LogP contribution in [0.5, 0.6) is 0 Å². The van der Waals surface area contributed by atoms with E-state index < -0.39 is 12.2 Å². The molecule has 0 aliphatic carbocycles. The zero-order chi connectivity index (χ0) is 18.0. The van der Waals surface area contributed by atoms with Crippen LogP contribution >= 0.6 is 0 Å². The maximum absolute atomic E-state index is 14.6. The predicted octanol–water partition coefficient (Wildman–Crippen LogP) is 1.09. The van der Waals surface area contributed by atoms with Gasteiger partial charge in [-0.05, 0) is 25.1 Å². The average molecular weight is 350 g/mol. The first kappa shape index (κ1) is 17.5. The quantitative estimate of drug-likeness (QED) is 0.850. The summed E-state index contributed by atoms with van der Waals surface area (Å²) in [6, 6.07) is 5.10. The number of ether oxygens (including phenoxy) is 1. The second-order valence-electron chi connectivity index (χ2n) is 6.49. The topological polar surface area (TPSA) is 73.9 Å². The Morgan fingerprint density at radius 1 is 1.44 bits per heavy atom. The van der Waals surface area contributed by atoms with E-state index >= 15 is 0 Å². The zero-order valence-electron chi connectivity index (χ0n) is 14.4. The summed E-state index contributed by atoms with van der Waals surface area (Å²) in [5, 5.41) is 5.94. The van der Waals surface area contributed by atoms with Crippen LogP contribution in [0, 0.1) is 5.82 Å². The number of anilines is 2. The van der Waals surface area contributed by atoms with Gasteiger partial charge in [0.25, 0.3) is 0 Å². The molecule has 2 saturated heterocycles. The summed E-state index contributed by atoms with van der Waals surface area (Å²) in [7, 11) is 0. The third-order valence-electron chi connectivity index (χ3n) is 4.41. The lowest BCUT2D eigenvalue weighted by Crippen LogP contribution is -2.49. The largest absolute Gasteiger partial charge is 0.442 e. The normalized spacial score (nSPS) is 23.6. The molecule has 2 heterocycles. The van der Waals surface area contributed by atoms with Gasteiger partial charge in [-0.2, -0.15) is 0 Å². The summed E-state index contributed by atoms with van der Waals surface area (Å²) in [6.07, 6.45) is -0.966. The first-order chi connectivity index (χ1) is 11.9. The first-order valence-corrected chi connectivity index (χ1v) is 8.44. The van der Waals surface area contributed by atoms with E-state index in [1.165, 1.54) is 17.9 Å². The molecule has 2 atom stereocenters. The molecule has 2 aliphatic heterocycles. The Hall–Kier alpha value is -2.35. The molecule has 0 bridgehead atoms. The minimum atomic E-state index is -0.529. The van der Waals surface area contributed by atoms with Gasteiger partial charge in [-0.3, -0.25) is 9.69 Å². The van der Waals surface area contributed by atoms with Crippen molar-refractivity contribution < 1.29 is 18.7 Å². The van der Waals surface area contributed by atoms with Crippen LogP contribution in [0.15, 0.2) is 18.2 Å². The van der Waals surface area contributed by atoms with E-state index in [-0.39, 0.29) is 24.8 Å². The fourth-order valence-corrected chi connectivity index (χ4v) is 3.17. The van der Waals surface area contributed by atoms with Gasteiger partial charge in [0, 0.05) is 32.6 Å². The molecule has 1 aromatic rings. The van der Waals surface area contributed by atoms with E-state index in [4.69, 9.17) is 4.74 Å². The molecule has 2 unspecified atom stereocenters. The minimum Gasteiger partial charge on any atom is -0.442 e. The van der Waals surface area contributed by atoms with Crippen molar-refractivity contribution >= 4 is 23.4 Å². The molecule has 0 radical (unpaired) electrons. The van der Waals surface area contributed by atoms with Crippen molar-refractivity contribution in [2.75, 3.05) is 42.5 Å². The van der Waals surface area contributed by atoms with Crippen molar-refractivity contribution in [3.8, 4) is 0 Å². The van der Waals surface area contributed by atoms with E-state index in [0.717, 1.165) is 19.6 Å². The Kier molecular flexibility index (Phi) is 5.08. The Morgan fingerprint density at radius 3 is 2.92 bits per heavy atom. The number of carbonyl (C=O) groups is 2. The molecule has 7 nitrogen and oxygen atoms in total. The second-order valence-corrected chi connectivity index (χ2v) is 6.49. The van der Waals surface area contributed by atoms with Crippen molar-refractivity contribution in [2.24, 2.45) is 0 Å². The SMILES string of the molecule is CC(=O)NCC1CN(c2ccc(N3CCNC(C)C3)c(F)c2)C(=O)O1. The highest BCUT2D eigenvalue weighted by Gasteiger charge is 2.33. The molecule has 2 aliphatic rings. The highest BCUT2D eigenvalue weighted by atomic mass is 19.1. The van der Waals surface area contributed by atoms with Crippen molar-refractivity contribution in [1.82, 2.24) is 10.6 Å². The fraction of sp³-hybridized carbons (Fsp3) is 0.529. The van der Waals surface area contributed by atoms with Crippen LogP contribution in [0.25, 0.3) is 0 Å². The number of piperazine rings is 1. The maximum atomic E-state index is 14.6. The first-order valence-electron chi connectivity index (χ1n) is 8.44. The molecule has 25 heavy (non-hydrogen) atoms. The molecule has 0 spiro atoms. The number of nitrogens with one attached hydrogen (secondary N) is 2. The van der Waals surface area contributed by atoms with Gasteiger partial charge in [-0.25, -0.2) is 9.18 Å². The number of cyclic esters (lactones) is 1. The van der Waals surface area contributed by atoms with Crippen molar-refractivity contribution in [1.29, 1.82) is 0 Å². The molecule has 8 heteroatoms. The van der Waals surface area contributed by atoms with E-state index in [9.17, 15) is 14.0 Å². The van der Waals surface area contributed by atoms with E-state index in [1.807, 2.05) is 4.90 Å². The summed E-state index contributed by atoms with van der Waals surface area (Å²) in [4.78, 5) is 26.4. The molecule has 2 N–H and O–H groups in total. The van der Waals surface area contributed by atoms with Gasteiger partial charge in [0.05, 0.1) is 24.5 Å². The standard InChI is InChI=1S/C17H23FN4O3/c1-11-9-21(6-5-19-11)16-4-3-13(7-15(16)18)22-10-14(25-17(22)24)8-20-12(2)23/h3-4,7,11,14,19H,5-6,8-10H2,1-2H3,(H,20,23). The van der Waals surface area contributed by atoms with Crippen LogP contribution in [-0.4, -0.2) is 56.9 Å². The molecule has 2 fully saturated rings. The van der Waals surface area contributed by atoms with Crippen LogP contribution in [-0.2, 0) is 9.53 Å². The number of hydrogen-bond acceptors (Lipinski definition) is 5. The molecule has 0 saturated carbocycles. The van der Waals surface area contributed by atoms with Gasteiger partial charge in [0.2, 0.25) is 5.91 Å². The smallest absolute Gasteiger partial charge is 0.414 e. The summed E-state index contributed by atoms with van der Waals surface area (Å²) >= 11 is 0. The monoisotopic (exact) mass is 350 g/mol. The highest BCUT2D eigenvalue weighted by molar-refractivity contribution is 5.90. The Labute approximate surface area is 146 Å². The third kappa shape index (κ3) is 4.01. The minimum absolute atomic E-state index is 0.185. The summed E-state index contributed by atoms with van der Waals surface area (Å²) < 4.78 is 19.8. The van der Waals surface area contributed by atoms with Crippen molar-refractivity contribution in [2.45, 2.75) is 26.0 Å². The number of amides is 2. The van der Waals surface area contributed by atoms with Crippen LogP contribution in [0.3, 0.4) is 0 Å². The van der Waals surface area contributed by atoms with Crippen molar-refractivity contribution in [3.63, 3.8) is 0 Å². The lowest BCUT2D eigenvalue weighted by molar-refractivity contribution is -0.119. The fourth-order valence-electron chi connectivity index (χ4n) is 3.17. The van der Waals surface area contributed by atoms with Crippen LogP contribution in [0.2, 0.25) is 0 Å². The summed E-state index contributed by atoms with van der Waals surface area (Å²) in [5.41, 5.74) is 0.999. The maximum Gasteiger partial charge on any atom is 0.414 e. The van der Waals surface area contributed by atoms with Crippen LogP contribution < -0.4 is 20.4 Å². The molecule has 0 aromatic heterocycles. The van der Waals surface area contributed by atoms with E-state index in [0.29, 0.717) is 17.4 Å². The van der Waals surface area contributed by atoms with Gasteiger partial charge in [0.15, 0.2) is 0 Å². The van der Waals surface area contributed by atoms with Crippen LogP contribution in [0.1, 0.15) is 13.8 Å². The molecule has 1 aromatic carbocycles. The second kappa shape index (κ2) is 7.26. The lowest BCUT2D eigenvalue weighted by Gasteiger charge is -2.34. The van der Waals surface area contributed by atoms with Gasteiger partial charge in [-0.1, -0.05) is 0 Å². The Balaban J connectivity index is 1.70. The molecule has 2 amide bonds. The summed E-state index contributed by atoms with van der Waals surface area (Å²) in [5.74, 6) is -0.542. The van der Waals surface area contributed by atoms with E-state index in [1.54, 1.807) is 12.1 Å². The van der Waals surface area contributed by atoms with Crippen molar-refractivity contribution in [3.05, 3.63) is 24.0 Å². The molecule has 136 valence electrons. The summed E-state index contributed by atoms with van der Waals surface area (Å²) in [6.45, 7) is 6.28. The van der Waals surface area contributed by atoms with Gasteiger partial charge in [0.1, 0.15) is 11.9 Å². The number of benzene rings is 1. The van der Waals surface area contributed by atoms with Crippen LogP contribution in [0.4, 0.5) is 20.6 Å². The highest BCUT2D eigenvalue weighted by Crippen LogP contribution is 2.28. The van der Waals surface area contributed by atoms with Gasteiger partial charge < -0.3 is 20.3 Å². The number of hydrogen-bond donors (Lipinski definition) is 2. The molecule has 3 rings (SSSR count). The number of nitrogens with zero attached hydrogens (tertiary/aromatic N) is 2. The average Bonchev–Trinajstić information content (AvgIpc) is 2.94.